The number of nitrogens with one attached hydrogen (secondary N) is 2. The van der Waals surface area contributed by atoms with Gasteiger partial charge in [0.05, 0.1) is 0 Å². The number of amides is 2. The molecule has 1 saturated carbocycles. The quantitative estimate of drug-likeness (QED) is 0.785. The van der Waals surface area contributed by atoms with Crippen molar-refractivity contribution in [2.45, 2.75) is 44.2 Å². The van der Waals surface area contributed by atoms with Crippen LogP contribution in [0.4, 0.5) is 5.69 Å². The molecular formula is C23H24N2O3. The van der Waals surface area contributed by atoms with Crippen molar-refractivity contribution in [1.29, 1.82) is 0 Å². The van der Waals surface area contributed by atoms with Crippen molar-refractivity contribution < 1.29 is 14.3 Å². The summed E-state index contributed by atoms with van der Waals surface area (Å²) in [7, 11) is 0. The van der Waals surface area contributed by atoms with Gasteiger partial charge >= 0.3 is 0 Å². The molecule has 144 valence electrons. The van der Waals surface area contributed by atoms with Gasteiger partial charge in [-0.05, 0) is 43.0 Å². The van der Waals surface area contributed by atoms with Crippen LogP contribution < -0.4 is 15.4 Å². The third kappa shape index (κ3) is 2.53. The molecule has 2 fully saturated rings. The highest BCUT2D eigenvalue weighted by Crippen LogP contribution is 2.55. The molecule has 0 aromatic heterocycles. The summed E-state index contributed by atoms with van der Waals surface area (Å²) in [6, 6.07) is 15.5. The normalized spacial score (nSPS) is 30.3. The molecule has 1 saturated heterocycles. The van der Waals surface area contributed by atoms with Gasteiger partial charge in [-0.2, -0.15) is 0 Å². The number of hydrogen-bond acceptors (Lipinski definition) is 3. The van der Waals surface area contributed by atoms with Crippen molar-refractivity contribution in [1.82, 2.24) is 5.32 Å². The lowest BCUT2D eigenvalue weighted by molar-refractivity contribution is -0.160. The number of aryl methyl sites for hydroxylation is 1. The number of rotatable bonds is 2. The minimum Gasteiger partial charge on any atom is -0.467 e. The summed E-state index contributed by atoms with van der Waals surface area (Å²) in [5.41, 5.74) is 2.03. The number of carbonyl (C=O) groups excluding carboxylic acids is 2. The molecule has 2 aromatic carbocycles. The third-order valence-electron chi connectivity index (χ3n) is 6.58. The van der Waals surface area contributed by atoms with E-state index in [4.69, 9.17) is 4.74 Å². The molecular weight excluding hydrogens is 352 g/mol. The summed E-state index contributed by atoms with van der Waals surface area (Å²) in [4.78, 5) is 26.4. The zero-order valence-corrected chi connectivity index (χ0v) is 15.9. The minimum atomic E-state index is -0.763. The van der Waals surface area contributed by atoms with Crippen molar-refractivity contribution in [3.05, 3.63) is 59.7 Å². The van der Waals surface area contributed by atoms with Gasteiger partial charge in [-0.25, -0.2) is 0 Å². The van der Waals surface area contributed by atoms with Crippen LogP contribution in [0.5, 0.6) is 5.75 Å². The summed E-state index contributed by atoms with van der Waals surface area (Å²) in [6.45, 7) is 1.95. The fourth-order valence-corrected chi connectivity index (χ4v) is 5.28. The Morgan fingerprint density at radius 3 is 2.79 bits per heavy atom. The van der Waals surface area contributed by atoms with E-state index < -0.39 is 11.6 Å². The fraction of sp³-hybridized carbons (Fsp3) is 0.391. The number of carbonyl (C=O) groups is 2. The highest BCUT2D eigenvalue weighted by Gasteiger charge is 2.60. The van der Waals surface area contributed by atoms with Gasteiger partial charge in [-0.1, -0.05) is 42.8 Å². The van der Waals surface area contributed by atoms with Gasteiger partial charge in [0.25, 0.3) is 0 Å². The second kappa shape index (κ2) is 6.36. The van der Waals surface area contributed by atoms with Crippen molar-refractivity contribution >= 4 is 17.5 Å². The van der Waals surface area contributed by atoms with E-state index in [-0.39, 0.29) is 23.7 Å². The van der Waals surface area contributed by atoms with E-state index in [0.29, 0.717) is 0 Å². The molecule has 5 rings (SSSR count). The Hall–Kier alpha value is -2.82. The van der Waals surface area contributed by atoms with Crippen LogP contribution in [0.1, 0.15) is 42.7 Å². The van der Waals surface area contributed by atoms with Gasteiger partial charge in [-0.3, -0.25) is 9.59 Å². The maximum absolute atomic E-state index is 13.3. The molecule has 0 radical (unpaired) electrons. The van der Waals surface area contributed by atoms with Gasteiger partial charge in [-0.15, -0.1) is 0 Å². The first-order valence-corrected chi connectivity index (χ1v) is 10.1. The van der Waals surface area contributed by atoms with Crippen LogP contribution in [0.3, 0.4) is 0 Å². The van der Waals surface area contributed by atoms with Crippen LogP contribution in [-0.2, 0) is 9.59 Å². The molecule has 1 aliphatic carbocycles. The predicted octanol–water partition coefficient (Wildman–Crippen LogP) is 3.74. The number of para-hydroxylation sites is 2. The van der Waals surface area contributed by atoms with E-state index in [0.717, 1.165) is 48.2 Å². The summed E-state index contributed by atoms with van der Waals surface area (Å²) in [5, 5.41) is 6.11. The van der Waals surface area contributed by atoms with Crippen LogP contribution in [0, 0.1) is 18.8 Å². The molecule has 2 heterocycles. The highest BCUT2D eigenvalue weighted by molar-refractivity contribution is 6.08. The molecule has 2 N–H and O–H groups in total. The second-order valence-corrected chi connectivity index (χ2v) is 8.18. The lowest BCUT2D eigenvalue weighted by atomic mass is 9.62. The Kier molecular flexibility index (Phi) is 3.93. The van der Waals surface area contributed by atoms with E-state index in [9.17, 15) is 9.59 Å². The molecule has 3 aliphatic rings. The van der Waals surface area contributed by atoms with Crippen molar-refractivity contribution in [3.8, 4) is 5.75 Å². The molecule has 0 unspecified atom stereocenters. The van der Waals surface area contributed by atoms with Gasteiger partial charge in [0.2, 0.25) is 11.8 Å². The first-order valence-electron chi connectivity index (χ1n) is 10.1. The van der Waals surface area contributed by atoms with Crippen LogP contribution >= 0.6 is 0 Å². The molecule has 5 heteroatoms. The third-order valence-corrected chi connectivity index (χ3v) is 6.58. The molecule has 2 bridgehead atoms. The molecule has 2 aromatic rings. The molecule has 0 spiro atoms. The van der Waals surface area contributed by atoms with Gasteiger partial charge < -0.3 is 15.4 Å². The molecule has 2 amide bonds. The number of anilines is 1. The van der Waals surface area contributed by atoms with Gasteiger partial charge in [0, 0.05) is 23.9 Å². The largest absolute Gasteiger partial charge is 0.467 e. The first-order chi connectivity index (χ1) is 13.6. The lowest BCUT2D eigenvalue weighted by Crippen LogP contribution is -2.69. The van der Waals surface area contributed by atoms with Gasteiger partial charge in [0.1, 0.15) is 11.7 Å². The Morgan fingerprint density at radius 2 is 1.93 bits per heavy atom. The first kappa shape index (κ1) is 17.3. The molecule has 5 nitrogen and oxygen atoms in total. The number of hydrogen-bond donors (Lipinski definition) is 2. The van der Waals surface area contributed by atoms with E-state index in [1.165, 1.54) is 0 Å². The van der Waals surface area contributed by atoms with Crippen molar-refractivity contribution in [2.24, 2.45) is 11.8 Å². The number of fused-ring (bicyclic) bond motifs is 2. The Morgan fingerprint density at radius 1 is 1.14 bits per heavy atom. The summed E-state index contributed by atoms with van der Waals surface area (Å²) in [5.74, 6) is -0.499. The SMILES string of the molecule is Cc1ccccc1NC(=O)[C@H]1C(=O)N[C@]23CCCC[C@@H]2[C@H]1c1ccccc1O3. The van der Waals surface area contributed by atoms with E-state index >= 15 is 0 Å². The topological polar surface area (TPSA) is 67.4 Å². The maximum Gasteiger partial charge on any atom is 0.237 e. The maximum atomic E-state index is 13.3. The number of ether oxygens (including phenoxy) is 1. The standard InChI is InChI=1S/C23H24N2O3/c1-14-8-2-4-11-17(14)24-21(26)20-19-15-9-3-5-12-18(15)28-23(25-22(20)27)13-7-6-10-16(19)23/h2-5,8-9,11-12,16,19-20H,6-7,10,13H2,1H3,(H,24,26)(H,25,27)/t16-,19-,20+,23+/m1/s1. The summed E-state index contributed by atoms with van der Waals surface area (Å²) >= 11 is 0. The monoisotopic (exact) mass is 376 g/mol. The lowest BCUT2D eigenvalue weighted by Gasteiger charge is -2.55. The smallest absolute Gasteiger partial charge is 0.237 e. The average molecular weight is 376 g/mol. The number of piperidine rings is 1. The van der Waals surface area contributed by atoms with Crippen molar-refractivity contribution in [3.63, 3.8) is 0 Å². The summed E-state index contributed by atoms with van der Waals surface area (Å²) in [6.07, 6.45) is 3.86. The van der Waals surface area contributed by atoms with E-state index in [1.807, 2.05) is 55.5 Å². The molecule has 4 atom stereocenters. The van der Waals surface area contributed by atoms with Crippen LogP contribution in [0.25, 0.3) is 0 Å². The summed E-state index contributed by atoms with van der Waals surface area (Å²) < 4.78 is 6.37. The van der Waals surface area contributed by atoms with Gasteiger partial charge in [0.15, 0.2) is 5.72 Å². The predicted molar refractivity (Wildman–Crippen MR) is 106 cm³/mol. The second-order valence-electron chi connectivity index (χ2n) is 8.18. The van der Waals surface area contributed by atoms with Crippen LogP contribution in [-0.4, -0.2) is 17.5 Å². The minimum absolute atomic E-state index is 0.112. The zero-order valence-electron chi connectivity index (χ0n) is 15.9. The van der Waals surface area contributed by atoms with Crippen molar-refractivity contribution in [2.75, 3.05) is 5.32 Å². The Labute approximate surface area is 164 Å². The fourth-order valence-electron chi connectivity index (χ4n) is 5.28. The average Bonchev–Trinajstić information content (AvgIpc) is 2.68. The Bertz CT molecular complexity index is 956. The van der Waals surface area contributed by atoms with Crippen LogP contribution in [0.15, 0.2) is 48.5 Å². The van der Waals surface area contributed by atoms with Crippen LogP contribution in [0.2, 0.25) is 0 Å². The number of benzene rings is 2. The molecule has 2 aliphatic heterocycles. The highest BCUT2D eigenvalue weighted by atomic mass is 16.5. The zero-order chi connectivity index (χ0) is 19.3. The Balaban J connectivity index is 1.57. The van der Waals surface area contributed by atoms with E-state index in [2.05, 4.69) is 10.6 Å². The molecule has 28 heavy (non-hydrogen) atoms. The van der Waals surface area contributed by atoms with E-state index in [1.54, 1.807) is 0 Å².